The Hall–Kier alpha value is -3.62. The smallest absolute Gasteiger partial charge is 0.0314 e. The largest absolute Gasteiger partial charge is 0.399 e. The van der Waals surface area contributed by atoms with Crippen molar-refractivity contribution >= 4 is 5.70 Å². The van der Waals surface area contributed by atoms with E-state index in [0.29, 0.717) is 17.5 Å². The maximum absolute atomic E-state index is 6.55. The first-order valence-electron chi connectivity index (χ1n) is 15.2. The molecule has 4 aromatic rings. The molecule has 2 heteroatoms. The highest BCUT2D eigenvalue weighted by atomic mass is 14.6. The average Bonchev–Trinajstić information content (AvgIpc) is 2.96. The Balaban J connectivity index is 1.27. The Kier molecular flexibility index (Phi) is 7.63. The predicted molar refractivity (Wildman–Crippen MR) is 171 cm³/mol. The van der Waals surface area contributed by atoms with Crippen LogP contribution >= 0.6 is 0 Å². The summed E-state index contributed by atoms with van der Waals surface area (Å²) < 4.78 is 0. The van der Waals surface area contributed by atoms with E-state index in [9.17, 15) is 0 Å². The Bertz CT molecular complexity index is 1500. The second kappa shape index (κ2) is 11.5. The van der Waals surface area contributed by atoms with Crippen molar-refractivity contribution in [3.05, 3.63) is 114 Å². The third kappa shape index (κ3) is 5.13. The normalized spacial score (nSPS) is 17.8. The highest BCUT2D eigenvalue weighted by Crippen LogP contribution is 2.58. The Morgan fingerprint density at radius 3 is 1.70 bits per heavy atom. The number of benzene rings is 4. The summed E-state index contributed by atoms with van der Waals surface area (Å²) in [6, 6.07) is 31.8. The van der Waals surface area contributed by atoms with Crippen LogP contribution in [0.3, 0.4) is 0 Å². The SMILES string of the molecule is C=C(N)c1ccc(-c2ccc3c(c2)-c2cc(-c4ccc(C(N)CCCCCCC)cc4)ccc2C2CCC32)cc1. The van der Waals surface area contributed by atoms with Crippen LogP contribution in [0.2, 0.25) is 0 Å². The molecule has 2 nitrogen and oxygen atoms in total. The summed E-state index contributed by atoms with van der Waals surface area (Å²) >= 11 is 0. The molecule has 4 aromatic carbocycles. The van der Waals surface area contributed by atoms with Crippen molar-refractivity contribution < 1.29 is 0 Å². The molecule has 1 saturated carbocycles. The summed E-state index contributed by atoms with van der Waals surface area (Å²) in [6.45, 7) is 6.13. The van der Waals surface area contributed by atoms with Gasteiger partial charge < -0.3 is 11.5 Å². The minimum absolute atomic E-state index is 0.122. The first-order chi connectivity index (χ1) is 19.5. The lowest BCUT2D eigenvalue weighted by Gasteiger charge is -2.43. The topological polar surface area (TPSA) is 52.0 Å². The molecule has 3 unspecified atom stereocenters. The summed E-state index contributed by atoms with van der Waals surface area (Å²) in [5, 5.41) is 0. The molecule has 0 amide bonds. The van der Waals surface area contributed by atoms with Gasteiger partial charge in [0.05, 0.1) is 0 Å². The Morgan fingerprint density at radius 2 is 1.20 bits per heavy atom. The molecule has 1 fully saturated rings. The molecule has 0 bridgehead atoms. The minimum Gasteiger partial charge on any atom is -0.399 e. The van der Waals surface area contributed by atoms with Crippen molar-refractivity contribution in [2.75, 3.05) is 0 Å². The van der Waals surface area contributed by atoms with Crippen molar-refractivity contribution in [1.29, 1.82) is 0 Å². The van der Waals surface area contributed by atoms with Crippen LogP contribution in [-0.4, -0.2) is 0 Å². The van der Waals surface area contributed by atoms with Crippen LogP contribution < -0.4 is 11.5 Å². The average molecular weight is 527 g/mol. The second-order valence-electron chi connectivity index (χ2n) is 11.9. The van der Waals surface area contributed by atoms with Gasteiger partial charge in [-0.25, -0.2) is 0 Å². The van der Waals surface area contributed by atoms with Crippen LogP contribution in [0.4, 0.5) is 0 Å². The molecule has 6 rings (SSSR count). The Morgan fingerprint density at radius 1 is 0.700 bits per heavy atom. The molecule has 4 N–H and O–H groups in total. The van der Waals surface area contributed by atoms with Gasteiger partial charge in [0, 0.05) is 11.7 Å². The van der Waals surface area contributed by atoms with Crippen LogP contribution in [-0.2, 0) is 0 Å². The lowest BCUT2D eigenvalue weighted by molar-refractivity contribution is 0.343. The van der Waals surface area contributed by atoms with Gasteiger partial charge in [-0.3, -0.25) is 0 Å². The zero-order valence-electron chi connectivity index (χ0n) is 23.8. The molecular formula is C38H42N2. The minimum atomic E-state index is 0.122. The van der Waals surface area contributed by atoms with E-state index in [1.165, 1.54) is 95.0 Å². The summed E-state index contributed by atoms with van der Waals surface area (Å²) in [4.78, 5) is 0. The Labute approximate surface area is 240 Å². The number of hydrogen-bond acceptors (Lipinski definition) is 2. The number of nitrogens with two attached hydrogens (primary N) is 2. The van der Waals surface area contributed by atoms with E-state index in [-0.39, 0.29) is 6.04 Å². The van der Waals surface area contributed by atoms with E-state index in [1.807, 2.05) is 0 Å². The van der Waals surface area contributed by atoms with Crippen molar-refractivity contribution in [3.63, 3.8) is 0 Å². The van der Waals surface area contributed by atoms with Gasteiger partial charge in [0.25, 0.3) is 0 Å². The molecule has 0 radical (unpaired) electrons. The van der Waals surface area contributed by atoms with Crippen LogP contribution in [0.15, 0.2) is 91.5 Å². The van der Waals surface area contributed by atoms with Crippen molar-refractivity contribution in [2.45, 2.75) is 76.2 Å². The van der Waals surface area contributed by atoms with Gasteiger partial charge in [-0.1, -0.05) is 118 Å². The molecule has 0 aliphatic heterocycles. The molecule has 0 spiro atoms. The van der Waals surface area contributed by atoms with E-state index in [0.717, 1.165) is 12.0 Å². The fourth-order valence-corrected chi connectivity index (χ4v) is 6.76. The fourth-order valence-electron chi connectivity index (χ4n) is 6.76. The summed E-state index contributed by atoms with van der Waals surface area (Å²) in [6.07, 6.45) is 10.1. The maximum atomic E-state index is 6.55. The maximum Gasteiger partial charge on any atom is 0.0314 e. The number of unbranched alkanes of at least 4 members (excludes halogenated alkanes) is 4. The molecule has 2 aliphatic rings. The van der Waals surface area contributed by atoms with Gasteiger partial charge in [0.2, 0.25) is 0 Å². The number of rotatable bonds is 10. The van der Waals surface area contributed by atoms with E-state index in [2.05, 4.69) is 98.4 Å². The van der Waals surface area contributed by atoms with Gasteiger partial charge in [0.1, 0.15) is 0 Å². The van der Waals surface area contributed by atoms with Gasteiger partial charge in [-0.05, 0) is 98.9 Å². The third-order valence-corrected chi connectivity index (χ3v) is 9.35. The summed E-state index contributed by atoms with van der Waals surface area (Å²) in [5.41, 5.74) is 26.1. The highest BCUT2D eigenvalue weighted by Gasteiger charge is 2.39. The van der Waals surface area contributed by atoms with Crippen LogP contribution in [0.1, 0.15) is 98.4 Å². The molecule has 204 valence electrons. The predicted octanol–water partition coefficient (Wildman–Crippen LogP) is 9.95. The van der Waals surface area contributed by atoms with Gasteiger partial charge >= 0.3 is 0 Å². The lowest BCUT2D eigenvalue weighted by atomic mass is 9.60. The van der Waals surface area contributed by atoms with E-state index >= 15 is 0 Å². The zero-order valence-corrected chi connectivity index (χ0v) is 23.8. The van der Waals surface area contributed by atoms with Gasteiger partial charge in [0.15, 0.2) is 0 Å². The fraction of sp³-hybridized carbons (Fsp3) is 0.316. The molecular weight excluding hydrogens is 484 g/mol. The molecule has 40 heavy (non-hydrogen) atoms. The lowest BCUT2D eigenvalue weighted by Crippen LogP contribution is -2.26. The zero-order chi connectivity index (χ0) is 27.6. The second-order valence-corrected chi connectivity index (χ2v) is 11.9. The van der Waals surface area contributed by atoms with E-state index in [4.69, 9.17) is 11.5 Å². The van der Waals surface area contributed by atoms with Crippen molar-refractivity contribution in [2.24, 2.45) is 11.5 Å². The highest BCUT2D eigenvalue weighted by molar-refractivity contribution is 5.84. The number of hydrogen-bond donors (Lipinski definition) is 2. The quantitative estimate of drug-likeness (QED) is 0.202. The van der Waals surface area contributed by atoms with E-state index in [1.54, 1.807) is 0 Å². The third-order valence-electron chi connectivity index (χ3n) is 9.35. The summed E-state index contributed by atoms with van der Waals surface area (Å²) in [5.74, 6) is 1.29. The molecule has 2 aliphatic carbocycles. The standard InChI is InChI=1S/C38H42N2/c1-3-4-5-6-7-8-38(40)29-15-13-28(14-16-29)31-18-20-35-33-22-21-32(33)34-19-17-30(23-36(34)37(35)24-31)27-11-9-26(10-12-27)25(2)39/h9-20,23-24,32-33,38H,2-8,21-22,39-40H2,1H3. The molecule has 0 aromatic heterocycles. The summed E-state index contributed by atoms with van der Waals surface area (Å²) in [7, 11) is 0. The number of fused-ring (bicyclic) bond motifs is 6. The van der Waals surface area contributed by atoms with Gasteiger partial charge in [-0.2, -0.15) is 0 Å². The molecule has 3 atom stereocenters. The molecule has 0 heterocycles. The van der Waals surface area contributed by atoms with Crippen LogP contribution in [0.25, 0.3) is 39.1 Å². The van der Waals surface area contributed by atoms with E-state index < -0.39 is 0 Å². The van der Waals surface area contributed by atoms with Crippen LogP contribution in [0.5, 0.6) is 0 Å². The first-order valence-corrected chi connectivity index (χ1v) is 15.2. The van der Waals surface area contributed by atoms with Gasteiger partial charge in [-0.15, -0.1) is 0 Å². The monoisotopic (exact) mass is 526 g/mol. The molecule has 0 saturated heterocycles. The van der Waals surface area contributed by atoms with Crippen molar-refractivity contribution in [3.8, 4) is 33.4 Å². The van der Waals surface area contributed by atoms with Crippen LogP contribution in [0, 0.1) is 0 Å². The van der Waals surface area contributed by atoms with Crippen molar-refractivity contribution in [1.82, 2.24) is 0 Å². The first kappa shape index (κ1) is 26.6.